The van der Waals surface area contributed by atoms with Gasteiger partial charge in [-0.1, -0.05) is 41.9 Å². The first-order valence-electron chi connectivity index (χ1n) is 5.23. The molecule has 1 heterocycles. The maximum absolute atomic E-state index is 12.2. The summed E-state index contributed by atoms with van der Waals surface area (Å²) in [6, 6.07) is 9.31. The number of hydrogen-bond acceptors (Lipinski definition) is 2. The van der Waals surface area contributed by atoms with Gasteiger partial charge in [-0.3, -0.25) is 9.36 Å². The molecular weight excluding hydrogens is 256 g/mol. The Kier molecular flexibility index (Phi) is 3.45. The van der Waals surface area contributed by atoms with Crippen molar-refractivity contribution in [3.05, 3.63) is 50.6 Å². The number of nitrogens with zero attached hydrogens (tertiary/aromatic N) is 1. The predicted octanol–water partition coefficient (Wildman–Crippen LogP) is 3.25. The van der Waals surface area contributed by atoms with E-state index in [0.717, 1.165) is 5.56 Å². The van der Waals surface area contributed by atoms with E-state index in [-0.39, 0.29) is 10.7 Å². The zero-order chi connectivity index (χ0) is 12.4. The number of nitrogens with one attached hydrogen (secondary N) is 1. The summed E-state index contributed by atoms with van der Waals surface area (Å²) < 4.78 is 1.84. The second-order valence-electron chi connectivity index (χ2n) is 3.53. The number of hydrogen-bond donors (Lipinski definition) is 1. The summed E-state index contributed by atoms with van der Waals surface area (Å²) in [7, 11) is 0. The Morgan fingerprint density at radius 2 is 2.00 bits per heavy atom. The second-order valence-corrected chi connectivity index (χ2v) is 4.30. The van der Waals surface area contributed by atoms with Crippen LogP contribution in [0.5, 0.6) is 0 Å². The highest BCUT2D eigenvalue weighted by Crippen LogP contribution is 2.21. The van der Waals surface area contributed by atoms with Gasteiger partial charge in [-0.25, -0.2) is 0 Å². The average molecular weight is 267 g/mol. The third-order valence-corrected chi connectivity index (χ3v) is 3.12. The van der Waals surface area contributed by atoms with E-state index in [2.05, 4.69) is 4.98 Å². The van der Waals surface area contributed by atoms with E-state index in [0.29, 0.717) is 16.9 Å². The lowest BCUT2D eigenvalue weighted by atomic mass is 10.1. The maximum atomic E-state index is 12.2. The summed E-state index contributed by atoms with van der Waals surface area (Å²) in [5, 5.41) is 0.288. The molecule has 0 unspecified atom stereocenters. The molecule has 0 radical (unpaired) electrons. The van der Waals surface area contributed by atoms with Gasteiger partial charge in [-0.05, 0) is 24.7 Å². The molecule has 5 heteroatoms. The van der Waals surface area contributed by atoms with Crippen molar-refractivity contribution in [2.24, 2.45) is 0 Å². The number of rotatable bonds is 2. The molecule has 0 saturated heterocycles. The van der Waals surface area contributed by atoms with Crippen LogP contribution in [0, 0.1) is 4.77 Å². The minimum atomic E-state index is -0.160. The van der Waals surface area contributed by atoms with Crippen LogP contribution in [0.1, 0.15) is 6.92 Å². The predicted molar refractivity (Wildman–Crippen MR) is 72.0 cm³/mol. The number of aromatic nitrogens is 2. The van der Waals surface area contributed by atoms with Crippen molar-refractivity contribution in [3.8, 4) is 11.1 Å². The van der Waals surface area contributed by atoms with E-state index in [1.807, 2.05) is 37.3 Å². The number of aromatic amines is 1. The molecule has 0 bridgehead atoms. The van der Waals surface area contributed by atoms with Gasteiger partial charge in [0, 0.05) is 6.54 Å². The van der Waals surface area contributed by atoms with Crippen molar-refractivity contribution in [1.29, 1.82) is 0 Å². The van der Waals surface area contributed by atoms with Crippen molar-refractivity contribution >= 4 is 23.8 Å². The average Bonchev–Trinajstić information content (AvgIpc) is 2.30. The van der Waals surface area contributed by atoms with E-state index in [1.54, 1.807) is 0 Å². The Balaban J connectivity index is 2.80. The fourth-order valence-electron chi connectivity index (χ4n) is 1.69. The molecule has 0 saturated carbocycles. The maximum Gasteiger partial charge on any atom is 0.263 e. The summed E-state index contributed by atoms with van der Waals surface area (Å²) in [5.41, 5.74) is 1.09. The fourth-order valence-corrected chi connectivity index (χ4v) is 2.34. The molecule has 0 amide bonds. The standard InChI is InChI=1S/C12H11ClN2OS/c1-2-15-11(16)9(10(13)14-12(15)17)8-6-4-3-5-7-8/h3-7H,2H2,1H3,(H,14,17). The highest BCUT2D eigenvalue weighted by atomic mass is 35.5. The summed E-state index contributed by atoms with van der Waals surface area (Å²) in [5.74, 6) is 0. The summed E-state index contributed by atoms with van der Waals surface area (Å²) >= 11 is 11.1. The van der Waals surface area contributed by atoms with Crippen molar-refractivity contribution in [3.63, 3.8) is 0 Å². The van der Waals surface area contributed by atoms with Crippen LogP contribution in [0.4, 0.5) is 0 Å². The second kappa shape index (κ2) is 4.85. The van der Waals surface area contributed by atoms with Crippen LogP contribution in [-0.2, 0) is 6.54 Å². The molecule has 2 aromatic rings. The van der Waals surface area contributed by atoms with Gasteiger partial charge < -0.3 is 4.98 Å². The highest BCUT2D eigenvalue weighted by molar-refractivity contribution is 7.71. The molecule has 0 atom stereocenters. The van der Waals surface area contributed by atoms with E-state index in [1.165, 1.54) is 4.57 Å². The van der Waals surface area contributed by atoms with Crippen LogP contribution >= 0.6 is 23.8 Å². The Labute approximate surface area is 109 Å². The van der Waals surface area contributed by atoms with E-state index < -0.39 is 0 Å². The lowest BCUT2D eigenvalue weighted by molar-refractivity contribution is 0.696. The van der Waals surface area contributed by atoms with Gasteiger partial charge in [-0.15, -0.1) is 0 Å². The Morgan fingerprint density at radius 3 is 2.59 bits per heavy atom. The van der Waals surface area contributed by atoms with Crippen LogP contribution in [0.3, 0.4) is 0 Å². The summed E-state index contributed by atoms with van der Waals surface area (Å²) in [6.07, 6.45) is 0. The van der Waals surface area contributed by atoms with Gasteiger partial charge >= 0.3 is 0 Å². The van der Waals surface area contributed by atoms with E-state index in [9.17, 15) is 4.79 Å². The highest BCUT2D eigenvalue weighted by Gasteiger charge is 2.11. The third-order valence-electron chi connectivity index (χ3n) is 2.52. The molecule has 88 valence electrons. The molecule has 0 aliphatic carbocycles. The number of benzene rings is 1. The molecule has 0 fully saturated rings. The van der Waals surface area contributed by atoms with Gasteiger partial charge in [0.2, 0.25) is 0 Å². The van der Waals surface area contributed by atoms with Crippen molar-refractivity contribution < 1.29 is 0 Å². The Hall–Kier alpha value is -1.39. The molecule has 17 heavy (non-hydrogen) atoms. The Bertz CT molecular complexity index is 646. The van der Waals surface area contributed by atoms with Crippen LogP contribution < -0.4 is 5.56 Å². The van der Waals surface area contributed by atoms with Gasteiger partial charge in [0.25, 0.3) is 5.56 Å². The van der Waals surface area contributed by atoms with Gasteiger partial charge in [0.15, 0.2) is 4.77 Å². The molecule has 3 nitrogen and oxygen atoms in total. The molecule has 0 aliphatic rings. The topological polar surface area (TPSA) is 37.8 Å². The van der Waals surface area contributed by atoms with Crippen molar-refractivity contribution in [2.75, 3.05) is 0 Å². The zero-order valence-electron chi connectivity index (χ0n) is 9.24. The van der Waals surface area contributed by atoms with Gasteiger partial charge in [0.05, 0.1) is 5.56 Å². The molecule has 0 aliphatic heterocycles. The first kappa shape index (κ1) is 12.1. The minimum absolute atomic E-state index is 0.160. The van der Waals surface area contributed by atoms with Gasteiger partial charge in [-0.2, -0.15) is 0 Å². The quantitative estimate of drug-likeness (QED) is 0.669. The lowest BCUT2D eigenvalue weighted by Crippen LogP contribution is -2.23. The first-order valence-corrected chi connectivity index (χ1v) is 6.01. The molecule has 2 rings (SSSR count). The smallest absolute Gasteiger partial charge is 0.263 e. The van der Waals surface area contributed by atoms with Crippen molar-refractivity contribution in [2.45, 2.75) is 13.5 Å². The molecular formula is C12H11ClN2OS. The third kappa shape index (κ3) is 2.18. The largest absolute Gasteiger partial charge is 0.322 e. The SMILES string of the molecule is CCn1c(=S)[nH]c(Cl)c(-c2ccccc2)c1=O. The van der Waals surface area contributed by atoms with E-state index >= 15 is 0 Å². The first-order chi connectivity index (χ1) is 8.15. The number of halogens is 1. The van der Waals surface area contributed by atoms with Crippen LogP contribution in [0.15, 0.2) is 35.1 Å². The van der Waals surface area contributed by atoms with Crippen LogP contribution in [0.25, 0.3) is 11.1 Å². The van der Waals surface area contributed by atoms with Crippen LogP contribution in [-0.4, -0.2) is 9.55 Å². The lowest BCUT2D eigenvalue weighted by Gasteiger charge is -2.08. The number of H-pyrrole nitrogens is 1. The molecule has 1 aromatic heterocycles. The summed E-state index contributed by atoms with van der Waals surface area (Å²) in [6.45, 7) is 2.39. The summed E-state index contributed by atoms with van der Waals surface area (Å²) in [4.78, 5) is 15.1. The molecule has 0 spiro atoms. The molecule has 1 N–H and O–H groups in total. The molecule has 1 aromatic carbocycles. The minimum Gasteiger partial charge on any atom is -0.322 e. The zero-order valence-corrected chi connectivity index (χ0v) is 10.8. The van der Waals surface area contributed by atoms with Crippen LogP contribution in [0.2, 0.25) is 5.15 Å². The fraction of sp³-hybridized carbons (Fsp3) is 0.167. The van der Waals surface area contributed by atoms with Gasteiger partial charge in [0.1, 0.15) is 5.15 Å². The normalized spacial score (nSPS) is 10.5. The monoisotopic (exact) mass is 266 g/mol. The van der Waals surface area contributed by atoms with Crippen molar-refractivity contribution in [1.82, 2.24) is 9.55 Å². The Morgan fingerprint density at radius 1 is 1.35 bits per heavy atom. The van der Waals surface area contributed by atoms with E-state index in [4.69, 9.17) is 23.8 Å².